The van der Waals surface area contributed by atoms with Gasteiger partial charge in [0.1, 0.15) is 5.69 Å². The van der Waals surface area contributed by atoms with Crippen LogP contribution in [0.4, 0.5) is 13.6 Å². The monoisotopic (exact) mass is 473 g/mol. The molecule has 1 saturated carbocycles. The van der Waals surface area contributed by atoms with E-state index in [0.717, 1.165) is 36.8 Å². The Hall–Kier alpha value is -3.30. The Kier molecular flexibility index (Phi) is 6.95. The molecule has 0 bridgehead atoms. The molecule has 4 rings (SSSR count). The van der Waals surface area contributed by atoms with Gasteiger partial charge in [-0.3, -0.25) is 4.68 Å². The number of likely N-dealkylation sites (N-methyl/N-ethyl adjacent to an activating group) is 1. The van der Waals surface area contributed by atoms with E-state index in [1.807, 2.05) is 32.0 Å². The van der Waals surface area contributed by atoms with Crippen molar-refractivity contribution in [3.8, 4) is 11.6 Å². The van der Waals surface area contributed by atoms with Crippen LogP contribution in [0.3, 0.4) is 0 Å². The second-order valence-electron chi connectivity index (χ2n) is 8.69. The molecule has 1 aromatic carbocycles. The predicted molar refractivity (Wildman–Crippen MR) is 121 cm³/mol. The lowest BCUT2D eigenvalue weighted by molar-refractivity contribution is 0.107. The molecule has 2 aromatic heterocycles. The smallest absolute Gasteiger partial charge is 0.409 e. The lowest BCUT2D eigenvalue weighted by atomic mass is 9.91. The van der Waals surface area contributed by atoms with Crippen LogP contribution < -0.4 is 0 Å². The molecule has 0 spiro atoms. The topological polar surface area (TPSA) is 86.3 Å². The summed E-state index contributed by atoms with van der Waals surface area (Å²) in [4.78, 5) is 17.9. The number of nitrogens with zero attached hydrogens (tertiary/aromatic N) is 5. The first-order valence-corrected chi connectivity index (χ1v) is 11.5. The van der Waals surface area contributed by atoms with Crippen molar-refractivity contribution in [3.05, 3.63) is 53.0 Å². The largest absolute Gasteiger partial charge is 0.449 e. The number of unbranched alkanes of at least 4 members (excludes halogenated alkanes) is 1. The summed E-state index contributed by atoms with van der Waals surface area (Å²) in [6.07, 6.45) is 0.241. The molecular weight excluding hydrogens is 444 g/mol. The van der Waals surface area contributed by atoms with Crippen molar-refractivity contribution < 1.29 is 22.8 Å². The summed E-state index contributed by atoms with van der Waals surface area (Å²) in [6.45, 7) is 4.61. The first-order chi connectivity index (χ1) is 16.4. The highest BCUT2D eigenvalue weighted by atomic mass is 19.3. The number of benzene rings is 1. The maximum atomic E-state index is 13.7. The van der Waals surface area contributed by atoms with E-state index in [0.29, 0.717) is 12.4 Å². The van der Waals surface area contributed by atoms with Crippen LogP contribution in [0.5, 0.6) is 0 Å². The van der Waals surface area contributed by atoms with Crippen molar-refractivity contribution >= 4 is 6.09 Å². The Morgan fingerprint density at radius 3 is 2.76 bits per heavy atom. The van der Waals surface area contributed by atoms with Crippen LogP contribution in [0.1, 0.15) is 61.7 Å². The number of aryl methyl sites for hydroxylation is 1. The van der Waals surface area contributed by atoms with Crippen molar-refractivity contribution in [3.63, 3.8) is 0 Å². The average Bonchev–Trinajstić information content (AvgIpc) is 3.27. The number of rotatable bonds is 10. The van der Waals surface area contributed by atoms with Crippen LogP contribution in [0.15, 0.2) is 34.9 Å². The molecule has 1 aliphatic carbocycles. The third-order valence-corrected chi connectivity index (χ3v) is 6.20. The number of hydrogen-bond donors (Lipinski definition) is 0. The number of aromatic nitrogens is 4. The predicted octanol–water partition coefficient (Wildman–Crippen LogP) is 5.13. The van der Waals surface area contributed by atoms with Crippen LogP contribution in [-0.2, 0) is 16.7 Å². The Morgan fingerprint density at radius 1 is 1.32 bits per heavy atom. The van der Waals surface area contributed by atoms with Crippen LogP contribution in [-0.4, -0.2) is 51.1 Å². The van der Waals surface area contributed by atoms with E-state index < -0.39 is 12.5 Å². The fourth-order valence-corrected chi connectivity index (χ4v) is 4.01. The Morgan fingerprint density at radius 2 is 2.09 bits per heavy atom. The van der Waals surface area contributed by atoms with Gasteiger partial charge >= 0.3 is 6.09 Å². The van der Waals surface area contributed by atoms with Crippen LogP contribution in [0.25, 0.3) is 11.6 Å². The van der Waals surface area contributed by atoms with Gasteiger partial charge in [-0.15, -0.1) is 0 Å². The summed E-state index contributed by atoms with van der Waals surface area (Å²) >= 11 is 0. The minimum atomic E-state index is -2.74. The fraction of sp³-hybridized carbons (Fsp3) is 0.500. The number of ether oxygens (including phenoxy) is 1. The number of carbonyl (C=O) groups excluding carboxylic acids is 1. The van der Waals surface area contributed by atoms with E-state index in [-0.39, 0.29) is 35.8 Å². The summed E-state index contributed by atoms with van der Waals surface area (Å²) in [5.74, 6) is 0.641. The van der Waals surface area contributed by atoms with Gasteiger partial charge < -0.3 is 14.2 Å². The minimum Gasteiger partial charge on any atom is -0.449 e. The molecule has 3 aromatic rings. The molecule has 0 aliphatic heterocycles. The van der Waals surface area contributed by atoms with Gasteiger partial charge in [0.15, 0.2) is 11.5 Å². The first-order valence-electron chi connectivity index (χ1n) is 11.5. The Labute approximate surface area is 196 Å². The number of alkyl halides is 2. The second-order valence-corrected chi connectivity index (χ2v) is 8.69. The fourth-order valence-electron chi connectivity index (χ4n) is 4.01. The Balaban J connectivity index is 1.50. The van der Waals surface area contributed by atoms with Gasteiger partial charge in [0.2, 0.25) is 0 Å². The van der Waals surface area contributed by atoms with Gasteiger partial charge in [0.25, 0.3) is 12.3 Å². The average molecular weight is 474 g/mol. The molecule has 1 fully saturated rings. The second kappa shape index (κ2) is 9.90. The molecule has 1 amide bonds. The van der Waals surface area contributed by atoms with Crippen LogP contribution in [0.2, 0.25) is 0 Å². The van der Waals surface area contributed by atoms with Gasteiger partial charge in [-0.25, -0.2) is 13.6 Å². The normalized spacial score (nSPS) is 14.4. The van der Waals surface area contributed by atoms with E-state index in [1.54, 1.807) is 7.05 Å². The van der Waals surface area contributed by atoms with E-state index >= 15 is 0 Å². The summed E-state index contributed by atoms with van der Waals surface area (Å²) < 4.78 is 39.1. The quantitative estimate of drug-likeness (QED) is 0.380. The molecule has 0 saturated heterocycles. The van der Waals surface area contributed by atoms with Crippen molar-refractivity contribution in [2.45, 2.75) is 57.9 Å². The van der Waals surface area contributed by atoms with Gasteiger partial charge in [-0.05, 0) is 43.4 Å². The van der Waals surface area contributed by atoms with E-state index in [2.05, 4.69) is 21.3 Å². The number of carbonyl (C=O) groups is 1. The van der Waals surface area contributed by atoms with Crippen molar-refractivity contribution in [2.75, 3.05) is 20.2 Å². The summed E-state index contributed by atoms with van der Waals surface area (Å²) in [7, 11) is 1.56. The lowest BCUT2D eigenvalue weighted by Gasteiger charge is -2.17. The van der Waals surface area contributed by atoms with E-state index in [9.17, 15) is 13.6 Å². The lowest BCUT2D eigenvalue weighted by Crippen LogP contribution is -2.31. The van der Waals surface area contributed by atoms with Crippen LogP contribution >= 0.6 is 0 Å². The Bertz CT molecular complexity index is 1140. The zero-order valence-corrected chi connectivity index (χ0v) is 19.6. The summed E-state index contributed by atoms with van der Waals surface area (Å²) in [6, 6.07) is 9.33. The van der Waals surface area contributed by atoms with E-state index in [1.165, 1.54) is 15.6 Å². The van der Waals surface area contributed by atoms with Crippen molar-refractivity contribution in [1.29, 1.82) is 0 Å². The maximum absolute atomic E-state index is 13.7. The molecule has 10 heteroatoms. The maximum Gasteiger partial charge on any atom is 0.409 e. The third-order valence-electron chi connectivity index (χ3n) is 6.20. The number of halogens is 2. The highest BCUT2D eigenvalue weighted by Crippen LogP contribution is 2.53. The number of hydrogen-bond acceptors (Lipinski definition) is 6. The van der Waals surface area contributed by atoms with Gasteiger partial charge in [-0.2, -0.15) is 10.1 Å². The van der Waals surface area contributed by atoms with Crippen molar-refractivity contribution in [1.82, 2.24) is 24.8 Å². The molecule has 0 unspecified atom stereocenters. The first kappa shape index (κ1) is 23.8. The molecule has 8 nitrogen and oxygen atoms in total. The van der Waals surface area contributed by atoms with Crippen LogP contribution in [0, 0.1) is 6.92 Å². The zero-order valence-electron chi connectivity index (χ0n) is 19.6. The molecular formula is C24H29F2N5O3. The van der Waals surface area contributed by atoms with Gasteiger partial charge in [-0.1, -0.05) is 42.8 Å². The highest BCUT2D eigenvalue weighted by molar-refractivity contribution is 5.67. The standard InChI is InChI=1S/C24H29F2N5O3/c1-4-5-14-33-23(32)30(3)12-13-31-19(20(25)26)15-18(28-31)21-27-22(29-34-21)24(10-11-24)17-9-7-6-8-16(17)2/h6-9,15,20H,4-5,10-14H2,1-3H3. The number of amides is 1. The molecule has 1 aliphatic rings. The molecule has 0 atom stereocenters. The van der Waals surface area contributed by atoms with Gasteiger partial charge in [0, 0.05) is 13.6 Å². The molecule has 182 valence electrons. The summed E-state index contributed by atoms with van der Waals surface area (Å²) in [5.41, 5.74) is 1.90. The minimum absolute atomic E-state index is 0.0766. The summed E-state index contributed by atoms with van der Waals surface area (Å²) in [5, 5.41) is 8.44. The zero-order chi connectivity index (χ0) is 24.3. The SMILES string of the molecule is CCCCOC(=O)N(C)CCn1nc(-c2nc(C3(c4ccccc4C)CC3)no2)cc1C(F)F. The van der Waals surface area contributed by atoms with Gasteiger partial charge in [0.05, 0.1) is 18.6 Å². The third kappa shape index (κ3) is 4.80. The molecule has 0 N–H and O–H groups in total. The molecule has 34 heavy (non-hydrogen) atoms. The molecule has 0 radical (unpaired) electrons. The van der Waals surface area contributed by atoms with Crippen molar-refractivity contribution in [2.24, 2.45) is 0 Å². The van der Waals surface area contributed by atoms with E-state index in [4.69, 9.17) is 9.26 Å². The molecule has 2 heterocycles. The highest BCUT2D eigenvalue weighted by Gasteiger charge is 2.50.